The number of anilines is 1. The molecule has 0 saturated carbocycles. The first-order valence-corrected chi connectivity index (χ1v) is 4.55. The van der Waals surface area contributed by atoms with Crippen molar-refractivity contribution < 1.29 is 4.79 Å². The van der Waals surface area contributed by atoms with Crippen LogP contribution in [0.5, 0.6) is 0 Å². The molecule has 1 radical (unpaired) electrons. The Morgan fingerprint density at radius 1 is 1.20 bits per heavy atom. The summed E-state index contributed by atoms with van der Waals surface area (Å²) in [6.07, 6.45) is 1.63. The summed E-state index contributed by atoms with van der Waals surface area (Å²) in [5, 5.41) is 2.69. The standard InChI is InChI=1S/C12H9N2O/c15-12(10-6-2-1-3-7-10)14-11-8-4-5-9-13-11/h2-9H,(H,13,14,15). The van der Waals surface area contributed by atoms with Crippen molar-refractivity contribution in [1.82, 2.24) is 4.98 Å². The van der Waals surface area contributed by atoms with Gasteiger partial charge in [-0.25, -0.2) is 4.98 Å². The van der Waals surface area contributed by atoms with Crippen molar-refractivity contribution in [1.29, 1.82) is 0 Å². The van der Waals surface area contributed by atoms with Crippen LogP contribution in [0.4, 0.5) is 5.82 Å². The van der Waals surface area contributed by atoms with Crippen molar-refractivity contribution in [3.05, 3.63) is 60.3 Å². The van der Waals surface area contributed by atoms with Gasteiger partial charge in [0.15, 0.2) is 0 Å². The Labute approximate surface area is 87.8 Å². The van der Waals surface area contributed by atoms with Gasteiger partial charge in [0.1, 0.15) is 5.82 Å². The molecule has 0 spiro atoms. The number of carbonyl (C=O) groups excluding carboxylic acids is 1. The number of aromatic nitrogens is 1. The van der Waals surface area contributed by atoms with Crippen molar-refractivity contribution in [3.63, 3.8) is 0 Å². The lowest BCUT2D eigenvalue weighted by molar-refractivity contribution is 0.102. The molecule has 0 aliphatic heterocycles. The van der Waals surface area contributed by atoms with Gasteiger partial charge < -0.3 is 5.32 Å². The number of carbonyl (C=O) groups is 1. The minimum absolute atomic E-state index is 0.164. The van der Waals surface area contributed by atoms with Crippen LogP contribution in [0.15, 0.2) is 48.7 Å². The van der Waals surface area contributed by atoms with Gasteiger partial charge in [-0.3, -0.25) is 4.79 Å². The third kappa shape index (κ3) is 2.40. The minimum Gasteiger partial charge on any atom is -0.307 e. The molecule has 0 atom stereocenters. The zero-order valence-corrected chi connectivity index (χ0v) is 7.97. The van der Waals surface area contributed by atoms with Gasteiger partial charge in [-0.1, -0.05) is 18.2 Å². The minimum atomic E-state index is -0.164. The highest BCUT2D eigenvalue weighted by Crippen LogP contribution is 2.04. The Kier molecular flexibility index (Phi) is 2.74. The monoisotopic (exact) mass is 197 g/mol. The van der Waals surface area contributed by atoms with Gasteiger partial charge >= 0.3 is 0 Å². The lowest BCUT2D eigenvalue weighted by Crippen LogP contribution is -2.12. The first-order chi connectivity index (χ1) is 7.36. The van der Waals surface area contributed by atoms with Gasteiger partial charge in [0.25, 0.3) is 5.91 Å². The average molecular weight is 197 g/mol. The molecule has 0 aliphatic rings. The van der Waals surface area contributed by atoms with Gasteiger partial charge in [0.2, 0.25) is 0 Å². The van der Waals surface area contributed by atoms with Crippen LogP contribution in [-0.2, 0) is 0 Å². The Morgan fingerprint density at radius 3 is 2.67 bits per heavy atom. The Balaban J connectivity index is 2.12. The number of amides is 1. The molecule has 2 rings (SSSR count). The Bertz CT molecular complexity index is 440. The van der Waals surface area contributed by atoms with Crippen molar-refractivity contribution in [2.24, 2.45) is 0 Å². The maximum absolute atomic E-state index is 11.6. The highest BCUT2D eigenvalue weighted by Gasteiger charge is 2.04. The van der Waals surface area contributed by atoms with E-state index in [0.29, 0.717) is 11.4 Å². The second kappa shape index (κ2) is 4.37. The van der Waals surface area contributed by atoms with Gasteiger partial charge in [-0.15, -0.1) is 0 Å². The summed E-state index contributed by atoms with van der Waals surface area (Å²) in [5.74, 6) is 0.387. The molecule has 0 saturated heterocycles. The van der Waals surface area contributed by atoms with Gasteiger partial charge in [0, 0.05) is 11.8 Å². The maximum atomic E-state index is 11.6. The molecule has 1 N–H and O–H groups in total. The largest absolute Gasteiger partial charge is 0.307 e. The number of pyridine rings is 1. The molecular weight excluding hydrogens is 188 g/mol. The molecule has 3 heteroatoms. The lowest BCUT2D eigenvalue weighted by atomic mass is 10.2. The summed E-state index contributed by atoms with van der Waals surface area (Å²) in [7, 11) is 0. The van der Waals surface area contributed by atoms with E-state index in [0.717, 1.165) is 0 Å². The summed E-state index contributed by atoms with van der Waals surface area (Å²) in [5.41, 5.74) is 0.597. The normalized spacial score (nSPS) is 9.60. The van der Waals surface area contributed by atoms with Gasteiger partial charge in [0.05, 0.1) is 0 Å². The van der Waals surface area contributed by atoms with E-state index in [9.17, 15) is 4.79 Å². The van der Waals surface area contributed by atoms with E-state index in [1.165, 1.54) is 0 Å². The Hall–Kier alpha value is -2.16. The van der Waals surface area contributed by atoms with Crippen molar-refractivity contribution in [3.8, 4) is 0 Å². The highest BCUT2D eigenvalue weighted by molar-refractivity contribution is 6.03. The summed E-state index contributed by atoms with van der Waals surface area (Å²) in [6.45, 7) is 0. The van der Waals surface area contributed by atoms with Crippen molar-refractivity contribution in [2.45, 2.75) is 0 Å². The van der Waals surface area contributed by atoms with Crippen LogP contribution in [0.25, 0.3) is 0 Å². The highest BCUT2D eigenvalue weighted by atomic mass is 16.1. The quantitative estimate of drug-likeness (QED) is 0.801. The van der Waals surface area contributed by atoms with E-state index in [-0.39, 0.29) is 5.91 Å². The summed E-state index contributed by atoms with van der Waals surface area (Å²) in [6, 6.07) is 15.0. The van der Waals surface area contributed by atoms with Crippen molar-refractivity contribution in [2.75, 3.05) is 5.32 Å². The zero-order chi connectivity index (χ0) is 10.5. The molecule has 73 valence electrons. The van der Waals surface area contributed by atoms with Crippen LogP contribution in [0, 0.1) is 6.07 Å². The fourth-order valence-corrected chi connectivity index (χ4v) is 1.16. The smallest absolute Gasteiger partial charge is 0.256 e. The first kappa shape index (κ1) is 9.40. The van der Waals surface area contributed by atoms with Crippen LogP contribution in [0.3, 0.4) is 0 Å². The maximum Gasteiger partial charge on any atom is 0.256 e. The third-order valence-corrected chi connectivity index (χ3v) is 1.89. The Morgan fingerprint density at radius 2 is 2.00 bits per heavy atom. The van der Waals surface area contributed by atoms with Gasteiger partial charge in [-0.05, 0) is 30.3 Å². The summed E-state index contributed by atoms with van der Waals surface area (Å²) < 4.78 is 0. The van der Waals surface area contributed by atoms with E-state index in [1.807, 2.05) is 6.07 Å². The van der Waals surface area contributed by atoms with Crippen molar-refractivity contribution >= 4 is 11.7 Å². The van der Waals surface area contributed by atoms with Gasteiger partial charge in [-0.2, -0.15) is 0 Å². The number of hydrogen-bond donors (Lipinski definition) is 1. The molecule has 1 amide bonds. The fourth-order valence-electron chi connectivity index (χ4n) is 1.16. The summed E-state index contributed by atoms with van der Waals surface area (Å²) >= 11 is 0. The lowest BCUT2D eigenvalue weighted by Gasteiger charge is -2.02. The number of benzene rings is 1. The molecule has 2 aromatic rings. The number of rotatable bonds is 2. The second-order valence-corrected chi connectivity index (χ2v) is 2.96. The first-order valence-electron chi connectivity index (χ1n) is 4.55. The predicted octanol–water partition coefficient (Wildman–Crippen LogP) is 2.13. The third-order valence-electron chi connectivity index (χ3n) is 1.89. The zero-order valence-electron chi connectivity index (χ0n) is 7.97. The fraction of sp³-hybridized carbons (Fsp3) is 0. The van der Waals surface area contributed by atoms with Crippen LogP contribution >= 0.6 is 0 Å². The molecule has 3 nitrogen and oxygen atoms in total. The molecule has 0 aliphatic carbocycles. The van der Waals surface area contributed by atoms with E-state index in [1.54, 1.807) is 42.6 Å². The molecule has 15 heavy (non-hydrogen) atoms. The molecule has 0 fully saturated rings. The molecule has 0 bridgehead atoms. The van der Waals surface area contributed by atoms with Crippen LogP contribution < -0.4 is 5.32 Å². The molecule has 1 aromatic carbocycles. The van der Waals surface area contributed by atoms with Crippen LogP contribution in [0.2, 0.25) is 0 Å². The van der Waals surface area contributed by atoms with E-state index < -0.39 is 0 Å². The summed E-state index contributed by atoms with van der Waals surface area (Å²) in [4.78, 5) is 15.7. The topological polar surface area (TPSA) is 42.0 Å². The molecular formula is C12H9N2O. The van der Waals surface area contributed by atoms with E-state index >= 15 is 0 Å². The average Bonchev–Trinajstić information content (AvgIpc) is 2.31. The molecule has 1 heterocycles. The number of hydrogen-bond acceptors (Lipinski definition) is 2. The number of nitrogens with zero attached hydrogens (tertiary/aromatic N) is 1. The van der Waals surface area contributed by atoms with Crippen LogP contribution in [-0.4, -0.2) is 10.9 Å². The SMILES string of the molecule is O=C(Nc1ccccn1)c1cc[c]cc1. The second-order valence-electron chi connectivity index (χ2n) is 2.96. The molecule has 0 unspecified atom stereocenters. The van der Waals surface area contributed by atoms with E-state index in [4.69, 9.17) is 0 Å². The van der Waals surface area contributed by atoms with E-state index in [2.05, 4.69) is 16.4 Å². The van der Waals surface area contributed by atoms with Crippen LogP contribution in [0.1, 0.15) is 10.4 Å². The predicted molar refractivity (Wildman–Crippen MR) is 57.5 cm³/mol. The number of nitrogens with one attached hydrogen (secondary N) is 1. The molecule has 1 aromatic heterocycles.